The molecule has 1 unspecified atom stereocenters. The third kappa shape index (κ3) is 3.86. The van der Waals surface area contributed by atoms with Crippen LogP contribution in [0.3, 0.4) is 0 Å². The lowest BCUT2D eigenvalue weighted by molar-refractivity contribution is -0.708. The average Bonchev–Trinajstić information content (AvgIpc) is 2.33. The molecule has 17 heavy (non-hydrogen) atoms. The van der Waals surface area contributed by atoms with Crippen LogP contribution in [0.2, 0.25) is 0 Å². The first-order chi connectivity index (χ1) is 7.77. The van der Waals surface area contributed by atoms with Gasteiger partial charge in [-0.1, -0.05) is 30.3 Å². The molecule has 0 aliphatic rings. The molecular formula is C14H16BrNS. The summed E-state index contributed by atoms with van der Waals surface area (Å²) in [7, 11) is 2.08. The second-order valence-electron chi connectivity index (χ2n) is 3.82. The summed E-state index contributed by atoms with van der Waals surface area (Å²) in [5, 5.41) is 1.77. The Bertz CT molecular complexity index is 459. The molecule has 0 aliphatic carbocycles. The lowest BCUT2D eigenvalue weighted by Crippen LogP contribution is -3.00. The molecule has 1 heterocycles. The van der Waals surface area contributed by atoms with Crippen molar-refractivity contribution in [3.63, 3.8) is 0 Å². The molecule has 0 fully saturated rings. The van der Waals surface area contributed by atoms with Gasteiger partial charge < -0.3 is 17.0 Å². The van der Waals surface area contributed by atoms with E-state index in [1.54, 1.807) is 0 Å². The molecule has 1 aromatic carbocycles. The summed E-state index contributed by atoms with van der Waals surface area (Å²) in [4.78, 5) is 0. The third-order valence-electron chi connectivity index (χ3n) is 2.57. The van der Waals surface area contributed by atoms with E-state index in [4.69, 9.17) is 0 Å². The van der Waals surface area contributed by atoms with Gasteiger partial charge in [-0.25, -0.2) is 0 Å². The van der Waals surface area contributed by atoms with Crippen LogP contribution in [0, 0.1) is 0 Å². The Kier molecular flexibility index (Phi) is 5.72. The minimum atomic E-state index is 0. The zero-order valence-corrected chi connectivity index (χ0v) is 12.4. The molecule has 2 rings (SSSR count). The highest BCUT2D eigenvalue weighted by molar-refractivity contribution is 7.99. The Hall–Kier alpha value is -0.800. The Labute approximate surface area is 118 Å². The molecule has 0 radical (unpaired) electrons. The second kappa shape index (κ2) is 6.82. The predicted octanol–water partition coefficient (Wildman–Crippen LogP) is 0.368. The summed E-state index contributed by atoms with van der Waals surface area (Å²) in [6.45, 7) is 2.24. The van der Waals surface area contributed by atoms with Crippen molar-refractivity contribution in [3.8, 4) is 0 Å². The molecule has 0 N–H and O–H groups in total. The van der Waals surface area contributed by atoms with Crippen LogP contribution in [0.5, 0.6) is 0 Å². The van der Waals surface area contributed by atoms with Gasteiger partial charge in [0.05, 0.1) is 0 Å². The highest BCUT2D eigenvalue weighted by Gasteiger charge is 2.12. The number of nitrogens with zero attached hydrogens (tertiary/aromatic N) is 1. The van der Waals surface area contributed by atoms with Crippen LogP contribution in [0.4, 0.5) is 0 Å². The van der Waals surface area contributed by atoms with Gasteiger partial charge in [-0.3, -0.25) is 0 Å². The van der Waals surface area contributed by atoms with E-state index >= 15 is 0 Å². The maximum atomic E-state index is 2.24. The molecule has 1 nitrogen and oxygen atoms in total. The number of hydrogen-bond donors (Lipinski definition) is 0. The van der Waals surface area contributed by atoms with Crippen LogP contribution in [0.25, 0.3) is 0 Å². The lowest BCUT2D eigenvalue weighted by Gasteiger charge is -2.09. The molecule has 0 aliphatic heterocycles. The highest BCUT2D eigenvalue weighted by Crippen LogP contribution is 2.32. The van der Waals surface area contributed by atoms with E-state index in [9.17, 15) is 0 Å². The zero-order valence-electron chi connectivity index (χ0n) is 10.0. The number of rotatable bonds is 3. The van der Waals surface area contributed by atoms with Gasteiger partial charge in [0.2, 0.25) is 5.03 Å². The maximum Gasteiger partial charge on any atom is 0.240 e. The molecule has 1 aromatic heterocycles. The van der Waals surface area contributed by atoms with E-state index in [0.717, 1.165) is 0 Å². The van der Waals surface area contributed by atoms with Crippen LogP contribution in [0.15, 0.2) is 59.8 Å². The van der Waals surface area contributed by atoms with Crippen LogP contribution in [-0.4, -0.2) is 0 Å². The second-order valence-corrected chi connectivity index (χ2v) is 5.18. The van der Waals surface area contributed by atoms with Gasteiger partial charge in [0, 0.05) is 17.4 Å². The Morgan fingerprint density at radius 2 is 1.65 bits per heavy atom. The standard InChI is InChI=1S/C14H16NS.BrH/c1-12(13-8-4-3-5-9-13)16-14-10-6-7-11-15(14)2;/h3-12H,1-2H3;1H/q+1;/p-1. The first kappa shape index (κ1) is 14.3. The number of hydrogen-bond acceptors (Lipinski definition) is 1. The Morgan fingerprint density at radius 1 is 1.00 bits per heavy atom. The summed E-state index contributed by atoms with van der Waals surface area (Å²) < 4.78 is 2.16. The van der Waals surface area contributed by atoms with Crippen molar-refractivity contribution < 1.29 is 21.5 Å². The molecule has 2 aromatic rings. The third-order valence-corrected chi connectivity index (χ3v) is 3.87. The quantitative estimate of drug-likeness (QED) is 0.585. The molecular weight excluding hydrogens is 294 g/mol. The summed E-state index contributed by atoms with van der Waals surface area (Å²) in [5.41, 5.74) is 1.37. The number of thioether (sulfide) groups is 1. The van der Waals surface area contributed by atoms with Crippen molar-refractivity contribution in [3.05, 3.63) is 60.3 Å². The van der Waals surface area contributed by atoms with Gasteiger partial charge in [0.15, 0.2) is 6.20 Å². The summed E-state index contributed by atoms with van der Waals surface area (Å²) >= 11 is 1.89. The van der Waals surface area contributed by atoms with Crippen molar-refractivity contribution in [2.75, 3.05) is 0 Å². The van der Waals surface area contributed by atoms with E-state index in [-0.39, 0.29) is 17.0 Å². The highest BCUT2D eigenvalue weighted by atomic mass is 79.9. The Morgan fingerprint density at radius 3 is 2.29 bits per heavy atom. The lowest BCUT2D eigenvalue weighted by atomic mass is 10.2. The molecule has 0 spiro atoms. The van der Waals surface area contributed by atoms with Gasteiger partial charge in [0.25, 0.3) is 0 Å². The molecule has 0 saturated heterocycles. The minimum Gasteiger partial charge on any atom is -1.00 e. The first-order valence-corrected chi connectivity index (χ1v) is 6.31. The monoisotopic (exact) mass is 309 g/mol. The molecule has 90 valence electrons. The number of aryl methyl sites for hydroxylation is 1. The number of halogens is 1. The summed E-state index contributed by atoms with van der Waals surface area (Å²) in [6.07, 6.45) is 2.08. The molecule has 0 amide bonds. The number of pyridine rings is 1. The van der Waals surface area contributed by atoms with Crippen molar-refractivity contribution in [1.29, 1.82) is 0 Å². The fourth-order valence-corrected chi connectivity index (χ4v) is 2.64. The fourth-order valence-electron chi connectivity index (χ4n) is 1.60. The van der Waals surface area contributed by atoms with Gasteiger partial charge in [-0.05, 0) is 30.3 Å². The van der Waals surface area contributed by atoms with E-state index < -0.39 is 0 Å². The normalized spacial score (nSPS) is 11.6. The van der Waals surface area contributed by atoms with Crippen molar-refractivity contribution in [2.45, 2.75) is 17.2 Å². The van der Waals surface area contributed by atoms with E-state index in [0.29, 0.717) is 5.25 Å². The van der Waals surface area contributed by atoms with Crippen LogP contribution in [0.1, 0.15) is 17.7 Å². The molecule has 3 heteroatoms. The average molecular weight is 310 g/mol. The van der Waals surface area contributed by atoms with E-state index in [2.05, 4.69) is 73.3 Å². The zero-order chi connectivity index (χ0) is 11.4. The topological polar surface area (TPSA) is 3.88 Å². The minimum absolute atomic E-state index is 0. The van der Waals surface area contributed by atoms with Crippen LogP contribution >= 0.6 is 11.8 Å². The molecule has 0 bridgehead atoms. The van der Waals surface area contributed by atoms with Gasteiger partial charge in [0.1, 0.15) is 7.05 Å². The first-order valence-electron chi connectivity index (χ1n) is 5.43. The number of aromatic nitrogens is 1. The predicted molar refractivity (Wildman–Crippen MR) is 68.3 cm³/mol. The van der Waals surface area contributed by atoms with E-state index in [1.165, 1.54) is 10.6 Å². The van der Waals surface area contributed by atoms with Crippen LogP contribution in [-0.2, 0) is 7.05 Å². The number of benzene rings is 1. The maximum absolute atomic E-state index is 2.24. The Balaban J connectivity index is 0.00000144. The fraction of sp³-hybridized carbons (Fsp3) is 0.214. The molecule has 0 saturated carbocycles. The SMILES string of the molecule is CC(Sc1cccc[n+]1C)c1ccccc1.[Br-]. The van der Waals surface area contributed by atoms with Crippen molar-refractivity contribution in [1.82, 2.24) is 0 Å². The van der Waals surface area contributed by atoms with Crippen molar-refractivity contribution >= 4 is 11.8 Å². The molecule has 1 atom stereocenters. The van der Waals surface area contributed by atoms with Crippen LogP contribution < -0.4 is 21.5 Å². The van der Waals surface area contributed by atoms with Gasteiger partial charge in [-0.15, -0.1) is 0 Å². The summed E-state index contributed by atoms with van der Waals surface area (Å²) in [5.74, 6) is 0. The van der Waals surface area contributed by atoms with Crippen molar-refractivity contribution in [2.24, 2.45) is 7.05 Å². The largest absolute Gasteiger partial charge is 1.00 e. The summed E-state index contributed by atoms with van der Waals surface area (Å²) in [6, 6.07) is 16.9. The smallest absolute Gasteiger partial charge is 0.240 e. The van der Waals surface area contributed by atoms with Gasteiger partial charge >= 0.3 is 0 Å². The van der Waals surface area contributed by atoms with E-state index in [1.807, 2.05) is 11.8 Å². The van der Waals surface area contributed by atoms with Gasteiger partial charge in [-0.2, -0.15) is 4.57 Å².